The van der Waals surface area contributed by atoms with Crippen molar-refractivity contribution in [2.75, 3.05) is 46.5 Å². The first-order valence-electron chi connectivity index (χ1n) is 9.73. The highest BCUT2D eigenvalue weighted by atomic mass is 32.2. The van der Waals surface area contributed by atoms with E-state index in [0.717, 1.165) is 23.3 Å². The fourth-order valence-corrected chi connectivity index (χ4v) is 6.59. The maximum Gasteiger partial charge on any atom is 0.203 e. The van der Waals surface area contributed by atoms with Crippen molar-refractivity contribution in [1.29, 1.82) is 0 Å². The summed E-state index contributed by atoms with van der Waals surface area (Å²) in [5.41, 5.74) is 9.16. The van der Waals surface area contributed by atoms with Crippen LogP contribution in [0, 0.1) is 0 Å². The molecule has 0 aromatic heterocycles. The standard InChI is InChI=1S/C22H29NO5S2/c1-6-7-28-20-15(23)8-14(11-16(20)24-2)22-29-12-19(30-22)13-9-17(25-3)21(27-5)18(10-13)26-4/h8-11,19,22H,6-7,12,23H2,1-5H3. The van der Waals surface area contributed by atoms with Gasteiger partial charge >= 0.3 is 0 Å². The van der Waals surface area contributed by atoms with Crippen LogP contribution in [0.2, 0.25) is 0 Å². The summed E-state index contributed by atoms with van der Waals surface area (Å²) in [6.45, 7) is 2.67. The van der Waals surface area contributed by atoms with Gasteiger partial charge in [0.2, 0.25) is 5.75 Å². The number of ether oxygens (including phenoxy) is 5. The van der Waals surface area contributed by atoms with Crippen molar-refractivity contribution in [3.8, 4) is 28.7 Å². The number of anilines is 1. The van der Waals surface area contributed by atoms with Gasteiger partial charge in [-0.1, -0.05) is 6.92 Å². The topological polar surface area (TPSA) is 72.2 Å². The Morgan fingerprint density at radius 3 is 2.03 bits per heavy atom. The van der Waals surface area contributed by atoms with Crippen LogP contribution in [0.5, 0.6) is 28.7 Å². The zero-order chi connectivity index (χ0) is 21.7. The highest BCUT2D eigenvalue weighted by Gasteiger charge is 2.31. The number of nitrogens with two attached hydrogens (primary N) is 1. The van der Waals surface area contributed by atoms with Gasteiger partial charge < -0.3 is 29.4 Å². The van der Waals surface area contributed by atoms with E-state index in [2.05, 4.69) is 6.92 Å². The second kappa shape index (κ2) is 10.3. The fraction of sp³-hybridized carbons (Fsp3) is 0.455. The monoisotopic (exact) mass is 451 g/mol. The van der Waals surface area contributed by atoms with E-state index in [-0.39, 0.29) is 9.83 Å². The van der Waals surface area contributed by atoms with Gasteiger partial charge in [-0.25, -0.2) is 0 Å². The van der Waals surface area contributed by atoms with Gasteiger partial charge in [-0.2, -0.15) is 0 Å². The highest BCUT2D eigenvalue weighted by molar-refractivity contribution is 8.19. The first-order chi connectivity index (χ1) is 14.6. The smallest absolute Gasteiger partial charge is 0.203 e. The minimum Gasteiger partial charge on any atom is -0.493 e. The Balaban J connectivity index is 1.84. The van der Waals surface area contributed by atoms with Crippen LogP contribution in [0.25, 0.3) is 0 Å². The molecule has 0 bridgehead atoms. The molecule has 0 spiro atoms. The average molecular weight is 452 g/mol. The molecular weight excluding hydrogens is 422 g/mol. The zero-order valence-corrected chi connectivity index (χ0v) is 19.7. The van der Waals surface area contributed by atoms with E-state index in [4.69, 9.17) is 29.4 Å². The molecule has 2 N–H and O–H groups in total. The summed E-state index contributed by atoms with van der Waals surface area (Å²) >= 11 is 3.76. The lowest BCUT2D eigenvalue weighted by atomic mass is 10.1. The number of thioether (sulfide) groups is 2. The van der Waals surface area contributed by atoms with Crippen molar-refractivity contribution in [1.82, 2.24) is 0 Å². The Bertz CT molecular complexity index is 852. The van der Waals surface area contributed by atoms with Crippen molar-refractivity contribution in [2.24, 2.45) is 0 Å². The van der Waals surface area contributed by atoms with Crippen molar-refractivity contribution >= 4 is 29.2 Å². The molecule has 2 atom stereocenters. The van der Waals surface area contributed by atoms with Crippen molar-refractivity contribution in [3.05, 3.63) is 35.4 Å². The van der Waals surface area contributed by atoms with Crippen LogP contribution >= 0.6 is 23.5 Å². The molecule has 0 saturated carbocycles. The second-order valence-electron chi connectivity index (χ2n) is 6.74. The largest absolute Gasteiger partial charge is 0.493 e. The predicted molar refractivity (Wildman–Crippen MR) is 125 cm³/mol. The minimum absolute atomic E-state index is 0.241. The Labute approximate surface area is 186 Å². The molecule has 164 valence electrons. The highest BCUT2D eigenvalue weighted by Crippen LogP contribution is 2.58. The Morgan fingerprint density at radius 2 is 1.47 bits per heavy atom. The summed E-state index contributed by atoms with van der Waals surface area (Å²) < 4.78 is 28.0. The van der Waals surface area contributed by atoms with E-state index in [9.17, 15) is 0 Å². The molecule has 1 fully saturated rings. The van der Waals surface area contributed by atoms with Gasteiger partial charge in [-0.3, -0.25) is 0 Å². The number of hydrogen-bond acceptors (Lipinski definition) is 8. The van der Waals surface area contributed by atoms with Crippen LogP contribution in [0.15, 0.2) is 24.3 Å². The molecule has 1 heterocycles. The van der Waals surface area contributed by atoms with E-state index < -0.39 is 0 Å². The lowest BCUT2D eigenvalue weighted by Crippen LogP contribution is -2.03. The van der Waals surface area contributed by atoms with Gasteiger partial charge in [0.15, 0.2) is 23.0 Å². The van der Waals surface area contributed by atoms with E-state index in [0.29, 0.717) is 41.0 Å². The molecule has 0 amide bonds. The molecule has 1 aliphatic rings. The fourth-order valence-electron chi connectivity index (χ4n) is 3.33. The lowest BCUT2D eigenvalue weighted by molar-refractivity contribution is 0.296. The average Bonchev–Trinajstić information content (AvgIpc) is 3.27. The molecular formula is C22H29NO5S2. The maximum atomic E-state index is 6.29. The quantitative estimate of drug-likeness (QED) is 0.514. The summed E-state index contributed by atoms with van der Waals surface area (Å²) in [6.07, 6.45) is 0.912. The van der Waals surface area contributed by atoms with Crippen molar-refractivity contribution in [2.45, 2.75) is 23.2 Å². The molecule has 0 aliphatic carbocycles. The number of rotatable bonds is 9. The predicted octanol–water partition coefficient (Wildman–Crippen LogP) is 5.31. The molecule has 8 heteroatoms. The van der Waals surface area contributed by atoms with E-state index in [1.54, 1.807) is 28.4 Å². The zero-order valence-electron chi connectivity index (χ0n) is 18.0. The minimum atomic E-state index is 0.241. The summed E-state index contributed by atoms with van der Waals surface area (Å²) in [5.74, 6) is 4.21. The number of methoxy groups -OCH3 is 4. The molecule has 1 aliphatic heterocycles. The third-order valence-electron chi connectivity index (χ3n) is 4.79. The van der Waals surface area contributed by atoms with Gasteiger partial charge in [0, 0.05) is 11.0 Å². The van der Waals surface area contributed by atoms with Crippen molar-refractivity contribution < 1.29 is 23.7 Å². The van der Waals surface area contributed by atoms with Crippen LogP contribution in [0.1, 0.15) is 34.3 Å². The van der Waals surface area contributed by atoms with E-state index in [1.165, 1.54) is 0 Å². The summed E-state index contributed by atoms with van der Waals surface area (Å²) in [4.78, 5) is 0. The molecule has 1 saturated heterocycles. The molecule has 0 radical (unpaired) electrons. The second-order valence-corrected chi connectivity index (χ2v) is 9.49. The molecule has 6 nitrogen and oxygen atoms in total. The summed E-state index contributed by atoms with van der Waals surface area (Å²) in [6, 6.07) is 8.08. The van der Waals surface area contributed by atoms with Gasteiger partial charge in [0.05, 0.1) is 45.3 Å². The number of nitrogen functional groups attached to an aromatic ring is 1. The third kappa shape index (κ3) is 4.64. The van der Waals surface area contributed by atoms with Crippen LogP contribution in [0.3, 0.4) is 0 Å². The maximum absolute atomic E-state index is 6.29. The molecule has 30 heavy (non-hydrogen) atoms. The van der Waals surface area contributed by atoms with Crippen LogP contribution < -0.4 is 29.4 Å². The van der Waals surface area contributed by atoms with Crippen molar-refractivity contribution in [3.63, 3.8) is 0 Å². The Kier molecular flexibility index (Phi) is 7.77. The third-order valence-corrected chi connectivity index (χ3v) is 8.13. The lowest BCUT2D eigenvalue weighted by Gasteiger charge is -2.18. The van der Waals surface area contributed by atoms with Gasteiger partial charge in [-0.05, 0) is 41.8 Å². The van der Waals surface area contributed by atoms with Crippen LogP contribution in [-0.2, 0) is 0 Å². The normalized spacial score (nSPS) is 18.2. The summed E-state index contributed by atoms with van der Waals surface area (Å²) in [5, 5.41) is 0.289. The number of benzene rings is 2. The first-order valence-corrected chi connectivity index (χ1v) is 11.7. The Morgan fingerprint density at radius 1 is 0.867 bits per heavy atom. The van der Waals surface area contributed by atoms with Gasteiger partial charge in [0.25, 0.3) is 0 Å². The summed E-state index contributed by atoms with van der Waals surface area (Å²) in [7, 11) is 6.53. The van der Waals surface area contributed by atoms with Gasteiger partial charge in [0.1, 0.15) is 0 Å². The first kappa shape index (κ1) is 22.6. The molecule has 2 unspecified atom stereocenters. The van der Waals surface area contributed by atoms with E-state index in [1.807, 2.05) is 47.8 Å². The number of hydrogen-bond donors (Lipinski definition) is 1. The SMILES string of the molecule is CCCOc1c(N)cc(C2SCC(c3cc(OC)c(OC)c(OC)c3)S2)cc1OC. The molecule has 2 aromatic carbocycles. The molecule has 3 rings (SSSR count). The van der Waals surface area contributed by atoms with Gasteiger partial charge in [-0.15, -0.1) is 23.5 Å². The molecule has 2 aromatic rings. The Hall–Kier alpha value is -2.06. The van der Waals surface area contributed by atoms with Crippen LogP contribution in [-0.4, -0.2) is 40.8 Å². The van der Waals surface area contributed by atoms with Crippen LogP contribution in [0.4, 0.5) is 5.69 Å². The van der Waals surface area contributed by atoms with E-state index >= 15 is 0 Å².